The van der Waals surface area contributed by atoms with E-state index < -0.39 is 17.8 Å². The number of aliphatic hydroxyl groups excluding tert-OH is 1. The van der Waals surface area contributed by atoms with Crippen molar-refractivity contribution in [2.45, 2.75) is 38.2 Å². The molecule has 1 aliphatic heterocycles. The molecule has 1 aromatic carbocycles. The van der Waals surface area contributed by atoms with Gasteiger partial charge in [-0.3, -0.25) is 4.90 Å². The molecule has 1 aromatic heterocycles. The number of nitrogens with zero attached hydrogens (tertiary/aromatic N) is 2. The van der Waals surface area contributed by atoms with Crippen LogP contribution >= 0.6 is 11.3 Å². The number of aromatic nitrogens is 1. The van der Waals surface area contributed by atoms with Crippen LogP contribution in [0, 0.1) is 6.92 Å². The van der Waals surface area contributed by atoms with Crippen LogP contribution in [0.4, 0.5) is 13.2 Å². The van der Waals surface area contributed by atoms with E-state index in [2.05, 4.69) is 4.98 Å². The lowest BCUT2D eigenvalue weighted by atomic mass is 10.0. The lowest BCUT2D eigenvalue weighted by molar-refractivity contribution is -0.137. The number of aryl methyl sites for hydroxylation is 1. The van der Waals surface area contributed by atoms with Crippen LogP contribution in [0.15, 0.2) is 30.5 Å². The van der Waals surface area contributed by atoms with Crippen molar-refractivity contribution in [2.24, 2.45) is 0 Å². The summed E-state index contributed by atoms with van der Waals surface area (Å²) in [7, 11) is 0. The fraction of sp³-hybridized carbons (Fsp3) is 0.438. The topological polar surface area (TPSA) is 36.4 Å². The standard InChI is InChI=1S/C16H17F3N2OS/c1-10-20-7-14(23-10)9-21-8-13(22)6-15(21)11-3-2-4-12(5-11)16(17,18)19/h2-5,7,13,15,22H,6,8-9H2,1H3. The molecule has 2 unspecified atom stereocenters. The smallest absolute Gasteiger partial charge is 0.392 e. The van der Waals surface area contributed by atoms with Crippen LogP contribution in [0.5, 0.6) is 0 Å². The molecule has 124 valence electrons. The van der Waals surface area contributed by atoms with E-state index in [1.165, 1.54) is 12.1 Å². The second-order valence-electron chi connectivity index (χ2n) is 5.80. The Labute approximate surface area is 136 Å². The van der Waals surface area contributed by atoms with Crippen molar-refractivity contribution in [3.63, 3.8) is 0 Å². The zero-order valence-corrected chi connectivity index (χ0v) is 13.4. The van der Waals surface area contributed by atoms with Gasteiger partial charge in [-0.25, -0.2) is 4.98 Å². The maximum absolute atomic E-state index is 12.9. The Bertz CT molecular complexity index is 686. The summed E-state index contributed by atoms with van der Waals surface area (Å²) in [5.41, 5.74) is -0.0532. The van der Waals surface area contributed by atoms with Gasteiger partial charge in [0, 0.05) is 30.2 Å². The normalized spacial score (nSPS) is 22.7. The molecular formula is C16H17F3N2OS. The molecule has 23 heavy (non-hydrogen) atoms. The lowest BCUT2D eigenvalue weighted by Crippen LogP contribution is -2.24. The minimum atomic E-state index is -4.35. The second kappa shape index (κ2) is 6.22. The lowest BCUT2D eigenvalue weighted by Gasteiger charge is -2.24. The van der Waals surface area contributed by atoms with Gasteiger partial charge in [0.15, 0.2) is 0 Å². The molecule has 1 aliphatic rings. The van der Waals surface area contributed by atoms with Gasteiger partial charge in [-0.1, -0.05) is 12.1 Å². The van der Waals surface area contributed by atoms with Gasteiger partial charge < -0.3 is 5.11 Å². The second-order valence-corrected chi connectivity index (χ2v) is 7.12. The number of likely N-dealkylation sites (tertiary alicyclic amines) is 1. The number of aliphatic hydroxyl groups is 1. The number of thiazole rings is 1. The molecule has 0 bridgehead atoms. The summed E-state index contributed by atoms with van der Waals surface area (Å²) in [5.74, 6) is 0. The molecule has 3 rings (SSSR count). The van der Waals surface area contributed by atoms with Gasteiger partial charge in [0.2, 0.25) is 0 Å². The molecule has 7 heteroatoms. The van der Waals surface area contributed by atoms with E-state index >= 15 is 0 Å². The number of hydrogen-bond donors (Lipinski definition) is 1. The average Bonchev–Trinajstić information content (AvgIpc) is 3.04. The quantitative estimate of drug-likeness (QED) is 0.922. The molecule has 1 N–H and O–H groups in total. The first-order chi connectivity index (χ1) is 10.8. The van der Waals surface area contributed by atoms with E-state index in [4.69, 9.17) is 0 Å². The van der Waals surface area contributed by atoms with Crippen LogP contribution in [0.1, 0.15) is 33.5 Å². The molecule has 0 spiro atoms. The molecule has 1 saturated heterocycles. The van der Waals surface area contributed by atoms with Gasteiger partial charge in [-0.2, -0.15) is 13.2 Å². The fourth-order valence-electron chi connectivity index (χ4n) is 3.00. The van der Waals surface area contributed by atoms with Gasteiger partial charge in [0.1, 0.15) is 0 Å². The maximum atomic E-state index is 12.9. The minimum absolute atomic E-state index is 0.213. The first-order valence-corrected chi connectivity index (χ1v) is 8.15. The zero-order chi connectivity index (χ0) is 16.6. The maximum Gasteiger partial charge on any atom is 0.416 e. The van der Waals surface area contributed by atoms with Gasteiger partial charge >= 0.3 is 6.18 Å². The van der Waals surface area contributed by atoms with E-state index in [-0.39, 0.29) is 6.04 Å². The number of benzene rings is 1. The monoisotopic (exact) mass is 342 g/mol. The van der Waals surface area contributed by atoms with Gasteiger partial charge in [-0.15, -0.1) is 11.3 Å². The summed E-state index contributed by atoms with van der Waals surface area (Å²) < 4.78 is 38.7. The van der Waals surface area contributed by atoms with Crippen LogP contribution in [0.25, 0.3) is 0 Å². The first-order valence-electron chi connectivity index (χ1n) is 7.33. The van der Waals surface area contributed by atoms with Crippen molar-refractivity contribution in [1.82, 2.24) is 9.88 Å². The van der Waals surface area contributed by atoms with Crippen LogP contribution < -0.4 is 0 Å². The van der Waals surface area contributed by atoms with Gasteiger partial charge in [-0.05, 0) is 31.0 Å². The van der Waals surface area contributed by atoms with E-state index in [0.29, 0.717) is 25.1 Å². The molecule has 2 aromatic rings. The third-order valence-electron chi connectivity index (χ3n) is 4.01. The Morgan fingerprint density at radius 2 is 2.17 bits per heavy atom. The summed E-state index contributed by atoms with van der Waals surface area (Å²) in [6.45, 7) is 2.96. The van der Waals surface area contributed by atoms with E-state index in [1.54, 1.807) is 23.6 Å². The predicted octanol–water partition coefficient (Wildman–Crippen LogP) is 3.78. The third-order valence-corrected chi connectivity index (χ3v) is 4.91. The zero-order valence-electron chi connectivity index (χ0n) is 12.5. The molecule has 0 aliphatic carbocycles. The first kappa shape index (κ1) is 16.4. The number of halogens is 3. The highest BCUT2D eigenvalue weighted by molar-refractivity contribution is 7.11. The van der Waals surface area contributed by atoms with Crippen LogP contribution in [-0.2, 0) is 12.7 Å². The van der Waals surface area contributed by atoms with Gasteiger partial charge in [0.25, 0.3) is 0 Å². The number of hydrogen-bond acceptors (Lipinski definition) is 4. The van der Waals surface area contributed by atoms with Crippen molar-refractivity contribution in [3.8, 4) is 0 Å². The van der Waals surface area contributed by atoms with Crippen molar-refractivity contribution >= 4 is 11.3 Å². The molecule has 2 heterocycles. The summed E-state index contributed by atoms with van der Waals surface area (Å²) in [6, 6.07) is 5.18. The highest BCUT2D eigenvalue weighted by atomic mass is 32.1. The molecule has 2 atom stereocenters. The summed E-state index contributed by atoms with van der Waals surface area (Å²) >= 11 is 1.57. The van der Waals surface area contributed by atoms with Crippen molar-refractivity contribution in [3.05, 3.63) is 51.5 Å². The number of alkyl halides is 3. The van der Waals surface area contributed by atoms with E-state index in [0.717, 1.165) is 16.0 Å². The molecule has 0 amide bonds. The highest BCUT2D eigenvalue weighted by Crippen LogP contribution is 2.37. The Balaban J connectivity index is 1.84. The summed E-state index contributed by atoms with van der Waals surface area (Å²) in [6.07, 6.45) is -2.65. The van der Waals surface area contributed by atoms with Crippen molar-refractivity contribution in [1.29, 1.82) is 0 Å². The van der Waals surface area contributed by atoms with Crippen molar-refractivity contribution < 1.29 is 18.3 Å². The van der Waals surface area contributed by atoms with E-state index in [1.807, 2.05) is 11.8 Å². The Hall–Kier alpha value is -1.44. The molecule has 3 nitrogen and oxygen atoms in total. The summed E-state index contributed by atoms with van der Waals surface area (Å²) in [5, 5.41) is 10.9. The Morgan fingerprint density at radius 3 is 2.83 bits per heavy atom. The third kappa shape index (κ3) is 3.73. The Kier molecular flexibility index (Phi) is 4.44. The SMILES string of the molecule is Cc1ncc(CN2CC(O)CC2c2cccc(C(F)(F)F)c2)s1. The Morgan fingerprint density at radius 1 is 1.39 bits per heavy atom. The van der Waals surface area contributed by atoms with E-state index in [9.17, 15) is 18.3 Å². The fourth-order valence-corrected chi connectivity index (χ4v) is 3.82. The molecule has 0 radical (unpaired) electrons. The van der Waals surface area contributed by atoms with Crippen LogP contribution in [0.2, 0.25) is 0 Å². The van der Waals surface area contributed by atoms with Gasteiger partial charge in [0.05, 0.1) is 16.7 Å². The molecule has 0 saturated carbocycles. The van der Waals surface area contributed by atoms with Crippen molar-refractivity contribution in [2.75, 3.05) is 6.54 Å². The minimum Gasteiger partial charge on any atom is -0.392 e. The van der Waals surface area contributed by atoms with Crippen LogP contribution in [-0.4, -0.2) is 27.6 Å². The average molecular weight is 342 g/mol. The number of β-amino-alcohol motifs (C(OH)–C–C–N with tert-alkyl or cyclic N) is 1. The number of rotatable bonds is 3. The predicted molar refractivity (Wildman–Crippen MR) is 82.1 cm³/mol. The largest absolute Gasteiger partial charge is 0.416 e. The van der Waals surface area contributed by atoms with Crippen LogP contribution in [0.3, 0.4) is 0 Å². The highest BCUT2D eigenvalue weighted by Gasteiger charge is 2.35. The summed E-state index contributed by atoms with van der Waals surface area (Å²) in [4.78, 5) is 7.27. The molecular weight excluding hydrogens is 325 g/mol. The molecule has 1 fully saturated rings.